The molecule has 1 aliphatic carbocycles. The van der Waals surface area contributed by atoms with E-state index in [9.17, 15) is 0 Å². The molecular formula is C12H25N. The minimum Gasteiger partial charge on any atom is -0.311 e. The van der Waals surface area contributed by atoms with Crippen LogP contribution in [0.4, 0.5) is 0 Å². The summed E-state index contributed by atoms with van der Waals surface area (Å²) in [6.07, 6.45) is 5.48. The monoisotopic (exact) mass is 183 g/mol. The lowest BCUT2D eigenvalue weighted by molar-refractivity contribution is 0.195. The average molecular weight is 183 g/mol. The van der Waals surface area contributed by atoms with Gasteiger partial charge in [0.1, 0.15) is 0 Å². The van der Waals surface area contributed by atoms with Gasteiger partial charge in [0.15, 0.2) is 0 Å². The van der Waals surface area contributed by atoms with Gasteiger partial charge in [0.2, 0.25) is 0 Å². The van der Waals surface area contributed by atoms with Gasteiger partial charge in [0.05, 0.1) is 0 Å². The second-order valence-corrected chi connectivity index (χ2v) is 4.85. The molecule has 0 radical (unpaired) electrons. The Kier molecular flexibility index (Phi) is 4.24. The molecule has 0 spiro atoms. The van der Waals surface area contributed by atoms with Crippen LogP contribution >= 0.6 is 0 Å². The molecule has 0 aromatic rings. The minimum atomic E-state index is 0.692. The Balaban J connectivity index is 2.39. The molecule has 1 N–H and O–H groups in total. The molecule has 1 aliphatic rings. The normalized spacial score (nSPS) is 37.4. The Morgan fingerprint density at radius 3 is 2.62 bits per heavy atom. The first-order chi connectivity index (χ1) is 6.15. The lowest BCUT2D eigenvalue weighted by Gasteiger charge is -2.36. The molecule has 0 heterocycles. The van der Waals surface area contributed by atoms with Crippen LogP contribution < -0.4 is 5.32 Å². The molecule has 1 heteroatoms. The van der Waals surface area contributed by atoms with Crippen LogP contribution in [0.3, 0.4) is 0 Å². The Hall–Kier alpha value is -0.0400. The van der Waals surface area contributed by atoms with Crippen LogP contribution in [0.2, 0.25) is 0 Å². The zero-order valence-corrected chi connectivity index (χ0v) is 9.64. The Morgan fingerprint density at radius 2 is 2.00 bits per heavy atom. The van der Waals surface area contributed by atoms with Gasteiger partial charge in [-0.2, -0.15) is 0 Å². The average Bonchev–Trinajstić information content (AvgIpc) is 2.13. The van der Waals surface area contributed by atoms with E-state index in [0.29, 0.717) is 6.04 Å². The summed E-state index contributed by atoms with van der Waals surface area (Å²) in [7, 11) is 0. The number of hydrogen-bond donors (Lipinski definition) is 1. The van der Waals surface area contributed by atoms with Crippen LogP contribution in [0, 0.1) is 11.8 Å². The molecule has 0 amide bonds. The quantitative estimate of drug-likeness (QED) is 0.708. The second-order valence-electron chi connectivity index (χ2n) is 4.85. The molecule has 1 nitrogen and oxygen atoms in total. The molecule has 1 rings (SSSR count). The molecule has 78 valence electrons. The van der Waals surface area contributed by atoms with Gasteiger partial charge in [-0.3, -0.25) is 0 Å². The van der Waals surface area contributed by atoms with Gasteiger partial charge in [-0.1, -0.05) is 33.6 Å². The predicted molar refractivity (Wildman–Crippen MR) is 58.9 cm³/mol. The summed E-state index contributed by atoms with van der Waals surface area (Å²) < 4.78 is 0. The van der Waals surface area contributed by atoms with E-state index in [0.717, 1.165) is 17.9 Å². The van der Waals surface area contributed by atoms with Gasteiger partial charge < -0.3 is 5.32 Å². The number of hydrogen-bond acceptors (Lipinski definition) is 1. The van der Waals surface area contributed by atoms with Gasteiger partial charge in [-0.05, 0) is 31.6 Å². The molecule has 0 unspecified atom stereocenters. The van der Waals surface area contributed by atoms with Crippen LogP contribution in [0.5, 0.6) is 0 Å². The first-order valence-electron chi connectivity index (χ1n) is 5.91. The van der Waals surface area contributed by atoms with E-state index >= 15 is 0 Å². The zero-order chi connectivity index (χ0) is 9.84. The van der Waals surface area contributed by atoms with E-state index in [1.807, 2.05) is 0 Å². The van der Waals surface area contributed by atoms with Crippen molar-refractivity contribution in [1.29, 1.82) is 0 Å². The summed E-state index contributed by atoms with van der Waals surface area (Å²) in [5.41, 5.74) is 0. The largest absolute Gasteiger partial charge is 0.311 e. The van der Waals surface area contributed by atoms with Crippen molar-refractivity contribution >= 4 is 0 Å². The zero-order valence-electron chi connectivity index (χ0n) is 9.64. The van der Waals surface area contributed by atoms with Crippen molar-refractivity contribution in [2.45, 2.75) is 65.5 Å². The molecule has 13 heavy (non-hydrogen) atoms. The molecule has 0 aromatic heterocycles. The van der Waals surface area contributed by atoms with E-state index in [4.69, 9.17) is 0 Å². The highest BCUT2D eigenvalue weighted by Gasteiger charge is 2.27. The summed E-state index contributed by atoms with van der Waals surface area (Å²) >= 11 is 0. The van der Waals surface area contributed by atoms with Gasteiger partial charge in [-0.25, -0.2) is 0 Å². The summed E-state index contributed by atoms with van der Waals surface area (Å²) in [6.45, 7) is 9.36. The van der Waals surface area contributed by atoms with Crippen molar-refractivity contribution in [3.05, 3.63) is 0 Å². The predicted octanol–water partition coefficient (Wildman–Crippen LogP) is 3.20. The third-order valence-electron chi connectivity index (χ3n) is 3.82. The third-order valence-corrected chi connectivity index (χ3v) is 3.82. The van der Waals surface area contributed by atoms with Crippen molar-refractivity contribution in [1.82, 2.24) is 5.32 Å². The Labute approximate surface area is 83.3 Å². The smallest absolute Gasteiger partial charge is 0.00977 e. The summed E-state index contributed by atoms with van der Waals surface area (Å²) in [5, 5.41) is 3.75. The van der Waals surface area contributed by atoms with Gasteiger partial charge in [0.25, 0.3) is 0 Å². The maximum Gasteiger partial charge on any atom is 0.00977 e. The van der Waals surface area contributed by atoms with Crippen LogP contribution in [0.1, 0.15) is 53.4 Å². The molecule has 0 saturated heterocycles. The lowest BCUT2D eigenvalue weighted by Crippen LogP contribution is -2.44. The van der Waals surface area contributed by atoms with Crippen molar-refractivity contribution < 1.29 is 0 Å². The van der Waals surface area contributed by atoms with Gasteiger partial charge in [-0.15, -0.1) is 0 Å². The molecule has 1 saturated carbocycles. The second kappa shape index (κ2) is 4.99. The minimum absolute atomic E-state index is 0.692. The highest BCUT2D eigenvalue weighted by molar-refractivity contribution is 4.83. The maximum atomic E-state index is 3.75. The number of rotatable bonds is 3. The molecule has 0 bridgehead atoms. The highest BCUT2D eigenvalue weighted by atomic mass is 15.0. The van der Waals surface area contributed by atoms with Crippen molar-refractivity contribution in [3.8, 4) is 0 Å². The standard InChI is InChI=1S/C12H25N/c1-5-10(3)13-12-8-6-7-9(2)11(12)4/h9-13H,5-8H2,1-4H3/t9-,10+,11-,12-/m1/s1. The molecule has 0 aliphatic heterocycles. The topological polar surface area (TPSA) is 12.0 Å². The first kappa shape index (κ1) is 11.0. The Bertz CT molecular complexity index is 144. The van der Waals surface area contributed by atoms with Crippen LogP contribution in [-0.4, -0.2) is 12.1 Å². The van der Waals surface area contributed by atoms with E-state index < -0.39 is 0 Å². The summed E-state index contributed by atoms with van der Waals surface area (Å²) in [5.74, 6) is 1.78. The van der Waals surface area contributed by atoms with Crippen molar-refractivity contribution in [3.63, 3.8) is 0 Å². The molecule has 4 atom stereocenters. The fourth-order valence-electron chi connectivity index (χ4n) is 2.30. The van der Waals surface area contributed by atoms with E-state index in [1.165, 1.54) is 25.7 Å². The maximum absolute atomic E-state index is 3.75. The molecule has 1 fully saturated rings. The van der Waals surface area contributed by atoms with E-state index in [-0.39, 0.29) is 0 Å². The summed E-state index contributed by atoms with van der Waals surface area (Å²) in [4.78, 5) is 0. The molecular weight excluding hydrogens is 158 g/mol. The SMILES string of the molecule is CC[C@H](C)N[C@@H]1CCC[C@@H](C)[C@H]1C. The van der Waals surface area contributed by atoms with E-state index in [1.54, 1.807) is 0 Å². The lowest BCUT2D eigenvalue weighted by atomic mass is 9.78. The Morgan fingerprint density at radius 1 is 1.31 bits per heavy atom. The van der Waals surface area contributed by atoms with E-state index in [2.05, 4.69) is 33.0 Å². The fraction of sp³-hybridized carbons (Fsp3) is 1.00. The fourth-order valence-corrected chi connectivity index (χ4v) is 2.30. The summed E-state index contributed by atoms with van der Waals surface area (Å²) in [6, 6.07) is 1.47. The van der Waals surface area contributed by atoms with Crippen molar-refractivity contribution in [2.75, 3.05) is 0 Å². The highest BCUT2D eigenvalue weighted by Crippen LogP contribution is 2.29. The van der Waals surface area contributed by atoms with Crippen molar-refractivity contribution in [2.24, 2.45) is 11.8 Å². The van der Waals surface area contributed by atoms with Crippen LogP contribution in [0.15, 0.2) is 0 Å². The van der Waals surface area contributed by atoms with Crippen LogP contribution in [-0.2, 0) is 0 Å². The number of nitrogens with one attached hydrogen (secondary N) is 1. The van der Waals surface area contributed by atoms with Gasteiger partial charge in [0, 0.05) is 12.1 Å². The van der Waals surface area contributed by atoms with Crippen LogP contribution in [0.25, 0.3) is 0 Å². The van der Waals surface area contributed by atoms with Gasteiger partial charge >= 0.3 is 0 Å². The third kappa shape index (κ3) is 2.98. The first-order valence-corrected chi connectivity index (χ1v) is 5.91. The molecule has 0 aromatic carbocycles.